The maximum absolute atomic E-state index is 5.57. The van der Waals surface area contributed by atoms with E-state index in [0.29, 0.717) is 12.6 Å². The predicted molar refractivity (Wildman–Crippen MR) is 119 cm³/mol. The van der Waals surface area contributed by atoms with Gasteiger partial charge in [-0.3, -0.25) is 4.68 Å². The van der Waals surface area contributed by atoms with Gasteiger partial charge in [-0.1, -0.05) is 6.92 Å². The molecule has 0 radical (unpaired) electrons. The number of rotatable bonds is 4. The molecular formula is C23H27N7O. The Morgan fingerprint density at radius 1 is 1.13 bits per heavy atom. The number of piperidine rings is 1. The van der Waals surface area contributed by atoms with Crippen LogP contribution >= 0.6 is 0 Å². The van der Waals surface area contributed by atoms with Crippen molar-refractivity contribution in [3.63, 3.8) is 0 Å². The van der Waals surface area contributed by atoms with Crippen molar-refractivity contribution in [2.75, 3.05) is 26.2 Å². The van der Waals surface area contributed by atoms with E-state index in [2.05, 4.69) is 49.5 Å². The van der Waals surface area contributed by atoms with E-state index in [4.69, 9.17) is 14.8 Å². The maximum atomic E-state index is 5.57. The zero-order valence-corrected chi connectivity index (χ0v) is 17.8. The SMILES string of the molecule is CCN1CCC(n2cc(-c3c[nH]c4ncc(-c5cc6n(c5)CCOC6)nc34)cn2)CC1. The van der Waals surface area contributed by atoms with Gasteiger partial charge in [-0.05, 0) is 25.5 Å². The molecule has 2 aliphatic heterocycles. The van der Waals surface area contributed by atoms with Crippen LogP contribution < -0.4 is 0 Å². The van der Waals surface area contributed by atoms with Crippen molar-refractivity contribution in [2.45, 2.75) is 39.0 Å². The fraction of sp³-hybridized carbons (Fsp3) is 0.435. The second kappa shape index (κ2) is 7.62. The largest absolute Gasteiger partial charge is 0.373 e. The summed E-state index contributed by atoms with van der Waals surface area (Å²) in [5, 5.41) is 4.70. The molecular weight excluding hydrogens is 390 g/mol. The number of nitrogens with one attached hydrogen (secondary N) is 1. The van der Waals surface area contributed by atoms with E-state index in [-0.39, 0.29) is 0 Å². The summed E-state index contributed by atoms with van der Waals surface area (Å²) in [5.41, 5.74) is 6.98. The van der Waals surface area contributed by atoms with Gasteiger partial charge in [0.1, 0.15) is 5.52 Å². The minimum atomic E-state index is 0.471. The summed E-state index contributed by atoms with van der Waals surface area (Å²) in [5.74, 6) is 0. The molecule has 2 aliphatic rings. The molecule has 0 amide bonds. The minimum absolute atomic E-state index is 0.471. The van der Waals surface area contributed by atoms with Crippen LogP contribution in [0.25, 0.3) is 33.5 Å². The summed E-state index contributed by atoms with van der Waals surface area (Å²) in [6, 6.07) is 2.63. The van der Waals surface area contributed by atoms with Crippen LogP contribution in [0.5, 0.6) is 0 Å². The van der Waals surface area contributed by atoms with Crippen LogP contribution in [0.2, 0.25) is 0 Å². The van der Waals surface area contributed by atoms with Gasteiger partial charge < -0.3 is 19.2 Å². The van der Waals surface area contributed by atoms with Crippen LogP contribution in [0.3, 0.4) is 0 Å². The molecule has 6 rings (SSSR count). The molecule has 0 unspecified atom stereocenters. The zero-order chi connectivity index (χ0) is 20.8. The normalized spacial score (nSPS) is 18.0. The molecule has 4 aromatic heterocycles. The summed E-state index contributed by atoms with van der Waals surface area (Å²) < 4.78 is 9.96. The first-order valence-corrected chi connectivity index (χ1v) is 11.2. The van der Waals surface area contributed by atoms with Gasteiger partial charge in [0.2, 0.25) is 0 Å². The zero-order valence-electron chi connectivity index (χ0n) is 17.8. The van der Waals surface area contributed by atoms with Crippen molar-refractivity contribution in [3.05, 3.63) is 42.7 Å². The number of hydrogen-bond donors (Lipinski definition) is 1. The van der Waals surface area contributed by atoms with Crippen molar-refractivity contribution in [3.8, 4) is 22.4 Å². The van der Waals surface area contributed by atoms with Crippen molar-refractivity contribution < 1.29 is 4.74 Å². The Hall–Kier alpha value is -2.97. The van der Waals surface area contributed by atoms with Gasteiger partial charge >= 0.3 is 0 Å². The Bertz CT molecular complexity index is 1190. The monoisotopic (exact) mass is 417 g/mol. The number of nitrogens with zero attached hydrogens (tertiary/aromatic N) is 6. The van der Waals surface area contributed by atoms with Crippen molar-refractivity contribution in [1.29, 1.82) is 0 Å². The molecule has 31 heavy (non-hydrogen) atoms. The van der Waals surface area contributed by atoms with Crippen molar-refractivity contribution in [1.82, 2.24) is 34.2 Å². The van der Waals surface area contributed by atoms with Gasteiger partial charge in [0, 0.05) is 60.6 Å². The molecule has 1 N–H and O–H groups in total. The number of aromatic amines is 1. The number of likely N-dealkylation sites (tertiary alicyclic amines) is 1. The number of H-pyrrole nitrogens is 1. The van der Waals surface area contributed by atoms with Crippen LogP contribution in [-0.2, 0) is 17.9 Å². The maximum Gasteiger partial charge on any atom is 0.156 e. The lowest BCUT2D eigenvalue weighted by Gasteiger charge is -2.31. The highest BCUT2D eigenvalue weighted by molar-refractivity contribution is 5.91. The van der Waals surface area contributed by atoms with Gasteiger partial charge in [0.05, 0.1) is 37.3 Å². The van der Waals surface area contributed by atoms with E-state index in [9.17, 15) is 0 Å². The van der Waals surface area contributed by atoms with E-state index in [1.165, 1.54) is 5.69 Å². The lowest BCUT2D eigenvalue weighted by atomic mass is 10.1. The molecule has 6 heterocycles. The Morgan fingerprint density at radius 2 is 2.03 bits per heavy atom. The van der Waals surface area contributed by atoms with Crippen LogP contribution in [0.1, 0.15) is 31.5 Å². The van der Waals surface area contributed by atoms with Crippen LogP contribution in [-0.4, -0.2) is 60.4 Å². The van der Waals surface area contributed by atoms with Gasteiger partial charge in [-0.25, -0.2) is 9.97 Å². The molecule has 1 fully saturated rings. The molecule has 8 nitrogen and oxygen atoms in total. The van der Waals surface area contributed by atoms with Gasteiger partial charge in [-0.15, -0.1) is 0 Å². The van der Waals surface area contributed by atoms with E-state index in [1.54, 1.807) is 0 Å². The quantitative estimate of drug-likeness (QED) is 0.550. The Balaban J connectivity index is 1.31. The molecule has 0 atom stereocenters. The molecule has 0 saturated carbocycles. The van der Waals surface area contributed by atoms with E-state index in [0.717, 1.165) is 79.2 Å². The average molecular weight is 418 g/mol. The number of fused-ring (bicyclic) bond motifs is 2. The molecule has 0 spiro atoms. The van der Waals surface area contributed by atoms with Crippen LogP contribution in [0, 0.1) is 0 Å². The van der Waals surface area contributed by atoms with Gasteiger partial charge in [0.15, 0.2) is 5.65 Å². The Labute approximate surface area is 180 Å². The fourth-order valence-electron chi connectivity index (χ4n) is 4.79. The molecule has 0 aromatic carbocycles. The molecule has 0 bridgehead atoms. The van der Waals surface area contributed by atoms with E-state index in [1.807, 2.05) is 18.6 Å². The fourth-order valence-corrected chi connectivity index (χ4v) is 4.79. The van der Waals surface area contributed by atoms with Crippen LogP contribution in [0.4, 0.5) is 0 Å². The summed E-state index contributed by atoms with van der Waals surface area (Å²) in [7, 11) is 0. The summed E-state index contributed by atoms with van der Waals surface area (Å²) in [6.45, 7) is 7.95. The first kappa shape index (κ1) is 18.8. The molecule has 1 saturated heterocycles. The number of hydrogen-bond acceptors (Lipinski definition) is 5. The third-order valence-corrected chi connectivity index (χ3v) is 6.68. The molecule has 4 aromatic rings. The summed E-state index contributed by atoms with van der Waals surface area (Å²) in [6.07, 6.45) is 12.4. The van der Waals surface area contributed by atoms with Gasteiger partial charge in [0.25, 0.3) is 0 Å². The molecule has 0 aliphatic carbocycles. The lowest BCUT2D eigenvalue weighted by Crippen LogP contribution is -2.34. The predicted octanol–water partition coefficient (Wildman–Crippen LogP) is 3.48. The summed E-state index contributed by atoms with van der Waals surface area (Å²) in [4.78, 5) is 15.4. The third kappa shape index (κ3) is 3.36. The molecule has 160 valence electrons. The smallest absolute Gasteiger partial charge is 0.156 e. The topological polar surface area (TPSA) is 76.8 Å². The average Bonchev–Trinajstić information content (AvgIpc) is 3.56. The highest BCUT2D eigenvalue weighted by Crippen LogP contribution is 2.31. The second-order valence-corrected chi connectivity index (χ2v) is 8.50. The minimum Gasteiger partial charge on any atom is -0.373 e. The Morgan fingerprint density at radius 3 is 2.87 bits per heavy atom. The first-order chi connectivity index (χ1) is 15.3. The second-order valence-electron chi connectivity index (χ2n) is 8.50. The molecule has 8 heteroatoms. The van der Waals surface area contributed by atoms with Crippen LogP contribution in [0.15, 0.2) is 37.1 Å². The highest BCUT2D eigenvalue weighted by atomic mass is 16.5. The third-order valence-electron chi connectivity index (χ3n) is 6.68. The number of aromatic nitrogens is 6. The van der Waals surface area contributed by atoms with E-state index < -0.39 is 0 Å². The standard InChI is InChI=1S/C23H27N7O/c1-2-28-5-3-18(4-6-28)30-14-17(10-26-30)20-11-24-23-22(20)27-21(12-25-23)16-9-19-15-31-8-7-29(19)13-16/h9-14,18H,2-8,15H2,1H3,(H,24,25). The van der Waals surface area contributed by atoms with Gasteiger partial charge in [-0.2, -0.15) is 5.10 Å². The lowest BCUT2D eigenvalue weighted by molar-refractivity contribution is 0.0850. The Kier molecular flexibility index (Phi) is 4.61. The first-order valence-electron chi connectivity index (χ1n) is 11.2. The highest BCUT2D eigenvalue weighted by Gasteiger charge is 2.21. The van der Waals surface area contributed by atoms with E-state index >= 15 is 0 Å². The summed E-state index contributed by atoms with van der Waals surface area (Å²) >= 11 is 0. The van der Waals surface area contributed by atoms with Crippen molar-refractivity contribution >= 4 is 11.2 Å². The number of ether oxygens (including phenoxy) is 1. The van der Waals surface area contributed by atoms with Crippen molar-refractivity contribution in [2.24, 2.45) is 0 Å².